The number of amides is 1. The topological polar surface area (TPSA) is 95.9 Å². The summed E-state index contributed by atoms with van der Waals surface area (Å²) in [6.07, 6.45) is 8.51. The number of carbonyl (C=O) groups is 1. The molecule has 0 unspecified atom stereocenters. The number of methoxy groups -OCH3 is 1. The molecule has 3 aliphatic heterocycles. The van der Waals surface area contributed by atoms with Crippen LogP contribution in [0.4, 0.5) is 4.79 Å². The highest BCUT2D eigenvalue weighted by Crippen LogP contribution is 2.60. The van der Waals surface area contributed by atoms with Crippen molar-refractivity contribution in [3.8, 4) is 0 Å². The van der Waals surface area contributed by atoms with Gasteiger partial charge in [-0.1, -0.05) is 25.5 Å². The van der Waals surface area contributed by atoms with E-state index in [2.05, 4.69) is 63.9 Å². The highest BCUT2D eigenvalue weighted by molar-refractivity contribution is 5.66. The number of aromatic nitrogens is 2. The molecule has 4 heterocycles. The first-order valence-corrected chi connectivity index (χ1v) is 14.7. The van der Waals surface area contributed by atoms with Gasteiger partial charge in [0, 0.05) is 37.9 Å². The van der Waals surface area contributed by atoms with E-state index in [-0.39, 0.29) is 41.7 Å². The molecule has 4 aliphatic rings. The Morgan fingerprint density at radius 1 is 1.36 bits per heavy atom. The third kappa shape index (κ3) is 5.52. The fraction of sp³-hybridized carbons (Fsp3) is 0.800. The molecule has 9 heteroatoms. The van der Waals surface area contributed by atoms with Crippen LogP contribution in [-0.4, -0.2) is 94.1 Å². The highest BCUT2D eigenvalue weighted by atomic mass is 16.6. The zero-order chi connectivity index (χ0) is 28.1. The van der Waals surface area contributed by atoms with Gasteiger partial charge < -0.3 is 24.2 Å². The summed E-state index contributed by atoms with van der Waals surface area (Å²) in [6, 6.07) is -0.633. The van der Waals surface area contributed by atoms with Crippen molar-refractivity contribution < 1.29 is 24.1 Å². The van der Waals surface area contributed by atoms with E-state index in [1.807, 2.05) is 10.9 Å². The molecule has 8 atom stereocenters. The molecule has 1 N–H and O–H groups in total. The zero-order valence-corrected chi connectivity index (χ0v) is 24.8. The van der Waals surface area contributed by atoms with Crippen molar-refractivity contribution in [1.82, 2.24) is 19.6 Å². The zero-order valence-electron chi connectivity index (χ0n) is 24.8. The quantitative estimate of drug-likeness (QED) is 0.340. The van der Waals surface area contributed by atoms with E-state index in [0.29, 0.717) is 18.9 Å². The van der Waals surface area contributed by atoms with E-state index in [1.54, 1.807) is 12.0 Å². The van der Waals surface area contributed by atoms with E-state index in [9.17, 15) is 9.90 Å². The van der Waals surface area contributed by atoms with Crippen LogP contribution >= 0.6 is 0 Å². The van der Waals surface area contributed by atoms with Crippen molar-refractivity contribution >= 4 is 6.09 Å². The van der Waals surface area contributed by atoms with Crippen LogP contribution in [0.1, 0.15) is 71.9 Å². The molecule has 0 aromatic carbocycles. The molecular weight excluding hydrogens is 496 g/mol. The number of carboxylic acid groups (broad SMARTS) is 1. The van der Waals surface area contributed by atoms with E-state index >= 15 is 0 Å². The van der Waals surface area contributed by atoms with Gasteiger partial charge in [-0.2, -0.15) is 5.10 Å². The van der Waals surface area contributed by atoms with Crippen molar-refractivity contribution in [2.24, 2.45) is 17.8 Å². The van der Waals surface area contributed by atoms with Gasteiger partial charge in [0.2, 0.25) is 0 Å². The first-order valence-electron chi connectivity index (χ1n) is 14.7. The number of hydrogen-bond donors (Lipinski definition) is 1. The molecule has 1 spiro atoms. The van der Waals surface area contributed by atoms with Crippen LogP contribution in [0.25, 0.3) is 0 Å². The second-order valence-corrected chi connectivity index (χ2v) is 13.2. The molecule has 5 rings (SSSR count). The molecule has 9 nitrogen and oxygen atoms in total. The van der Waals surface area contributed by atoms with Crippen LogP contribution in [0.3, 0.4) is 0 Å². The Bertz CT molecular complexity index is 1060. The Balaban J connectivity index is 1.41. The van der Waals surface area contributed by atoms with Gasteiger partial charge in [0.15, 0.2) is 0 Å². The van der Waals surface area contributed by atoms with Crippen molar-refractivity contribution in [1.29, 1.82) is 0 Å². The van der Waals surface area contributed by atoms with Gasteiger partial charge in [-0.05, 0) is 71.9 Å². The second kappa shape index (κ2) is 10.8. The van der Waals surface area contributed by atoms with Crippen LogP contribution in [0.2, 0.25) is 0 Å². The lowest BCUT2D eigenvalue weighted by Gasteiger charge is -2.49. The average Bonchev–Trinajstić information content (AvgIpc) is 3.65. The van der Waals surface area contributed by atoms with Gasteiger partial charge in [-0.3, -0.25) is 9.58 Å². The number of allylic oxidation sites excluding steroid dienone is 1. The van der Waals surface area contributed by atoms with E-state index in [0.717, 1.165) is 38.0 Å². The highest BCUT2D eigenvalue weighted by Gasteiger charge is 2.72. The molecule has 1 aliphatic carbocycles. The Kier molecular flexibility index (Phi) is 7.92. The van der Waals surface area contributed by atoms with Gasteiger partial charge in [-0.15, -0.1) is 0 Å². The first kappa shape index (κ1) is 28.6. The van der Waals surface area contributed by atoms with Gasteiger partial charge in [0.1, 0.15) is 5.60 Å². The smallest absolute Gasteiger partial charge is 0.408 e. The third-order valence-corrected chi connectivity index (χ3v) is 9.70. The molecule has 0 radical (unpaired) electrons. The summed E-state index contributed by atoms with van der Waals surface area (Å²) in [6.45, 7) is 14.3. The number of ether oxygens (including phenoxy) is 3. The molecule has 0 bridgehead atoms. The van der Waals surface area contributed by atoms with E-state index < -0.39 is 11.7 Å². The van der Waals surface area contributed by atoms with E-state index in [1.165, 1.54) is 12.0 Å². The molecule has 4 fully saturated rings. The monoisotopic (exact) mass is 544 g/mol. The maximum Gasteiger partial charge on any atom is 0.408 e. The van der Waals surface area contributed by atoms with Gasteiger partial charge >= 0.3 is 6.09 Å². The lowest BCUT2D eigenvalue weighted by molar-refractivity contribution is -0.102. The summed E-state index contributed by atoms with van der Waals surface area (Å²) in [5.74, 6) is 0.598. The minimum Gasteiger partial charge on any atom is -0.465 e. The molecule has 1 saturated carbocycles. The van der Waals surface area contributed by atoms with Crippen LogP contribution in [0.15, 0.2) is 24.0 Å². The number of nitrogens with zero attached hydrogens (tertiary/aromatic N) is 4. The molecule has 1 aromatic heterocycles. The lowest BCUT2D eigenvalue weighted by Crippen LogP contribution is -2.61. The standard InChI is InChI=1S/C30H48N4O5/c1-19(2)8-9-24-29(5,39-24)27-26(37-7)23(10-12-30(27)18-38-30)34(28(35)36)25(20(3)4)22-14-31-33(17-22)16-21-11-13-32(6)15-21/h8,14,17,20-21,23-27H,9-13,15-16,18H2,1-7H3,(H,35,36)/t21-,23+,24+,25-,26+,27+,29-,30-/m0/s1. The molecule has 1 aromatic rings. The summed E-state index contributed by atoms with van der Waals surface area (Å²) >= 11 is 0. The minimum atomic E-state index is -0.916. The largest absolute Gasteiger partial charge is 0.465 e. The Morgan fingerprint density at radius 2 is 2.10 bits per heavy atom. The number of epoxide rings is 2. The lowest BCUT2D eigenvalue weighted by atomic mass is 9.67. The predicted molar refractivity (Wildman–Crippen MR) is 149 cm³/mol. The summed E-state index contributed by atoms with van der Waals surface area (Å²) in [7, 11) is 3.87. The van der Waals surface area contributed by atoms with Gasteiger partial charge in [0.05, 0.1) is 42.7 Å². The summed E-state index contributed by atoms with van der Waals surface area (Å²) in [5, 5.41) is 15.4. The summed E-state index contributed by atoms with van der Waals surface area (Å²) in [5.41, 5.74) is 1.52. The van der Waals surface area contributed by atoms with Crippen LogP contribution < -0.4 is 0 Å². The summed E-state index contributed by atoms with van der Waals surface area (Å²) < 4.78 is 20.7. The molecular formula is C30H48N4O5. The molecule has 3 saturated heterocycles. The normalized spacial score (nSPS) is 36.8. The number of rotatable bonds is 10. The fourth-order valence-electron chi connectivity index (χ4n) is 7.67. The number of hydrogen-bond acceptors (Lipinski definition) is 6. The minimum absolute atomic E-state index is 0.0407. The van der Waals surface area contributed by atoms with Crippen molar-refractivity contribution in [3.63, 3.8) is 0 Å². The molecule has 218 valence electrons. The van der Waals surface area contributed by atoms with Crippen LogP contribution in [-0.2, 0) is 20.8 Å². The molecule has 1 amide bonds. The maximum absolute atomic E-state index is 13.1. The van der Waals surface area contributed by atoms with Crippen molar-refractivity contribution in [2.75, 3.05) is 33.9 Å². The summed E-state index contributed by atoms with van der Waals surface area (Å²) in [4.78, 5) is 17.1. The Hall–Kier alpha value is -1.94. The Labute approximate surface area is 233 Å². The predicted octanol–water partition coefficient (Wildman–Crippen LogP) is 4.59. The first-order chi connectivity index (χ1) is 18.5. The Morgan fingerprint density at radius 3 is 2.67 bits per heavy atom. The number of likely N-dealkylation sites (tertiary alicyclic amines) is 1. The van der Waals surface area contributed by atoms with E-state index in [4.69, 9.17) is 14.2 Å². The van der Waals surface area contributed by atoms with Gasteiger partial charge in [0.25, 0.3) is 0 Å². The average molecular weight is 545 g/mol. The molecule has 39 heavy (non-hydrogen) atoms. The second-order valence-electron chi connectivity index (χ2n) is 13.2. The third-order valence-electron chi connectivity index (χ3n) is 9.70. The van der Waals surface area contributed by atoms with Crippen LogP contribution in [0, 0.1) is 17.8 Å². The van der Waals surface area contributed by atoms with Crippen molar-refractivity contribution in [2.45, 2.75) is 102 Å². The van der Waals surface area contributed by atoms with Crippen LogP contribution in [0.5, 0.6) is 0 Å². The van der Waals surface area contributed by atoms with Gasteiger partial charge in [-0.25, -0.2) is 4.79 Å². The SMILES string of the molecule is CO[C@@H]1[C@H](N(C(=O)O)[C@H](c2cnn(C[C@H]3CCN(C)C3)c2)C(C)C)CC[C@]2(CO2)[C@H]1[C@@]1(C)O[C@@H]1CC=C(C)C. The fourth-order valence-corrected chi connectivity index (χ4v) is 7.67. The maximum atomic E-state index is 13.1. The van der Waals surface area contributed by atoms with Crippen molar-refractivity contribution in [3.05, 3.63) is 29.6 Å².